The molecule has 0 aliphatic carbocycles. The fourth-order valence-corrected chi connectivity index (χ4v) is 2.96. The summed E-state index contributed by atoms with van der Waals surface area (Å²) in [7, 11) is 0. The second-order valence-electron chi connectivity index (χ2n) is 6.02. The number of hydrogen-bond acceptors (Lipinski definition) is 4. The van der Waals surface area contributed by atoms with Crippen LogP contribution in [-0.4, -0.2) is 60.2 Å². The molecule has 0 spiro atoms. The van der Waals surface area contributed by atoms with Gasteiger partial charge in [-0.3, -0.25) is 4.90 Å². The van der Waals surface area contributed by atoms with Gasteiger partial charge in [0.1, 0.15) is 0 Å². The largest absolute Gasteiger partial charge is 0.394 e. The average molecular weight is 243 g/mol. The maximum absolute atomic E-state index is 9.26. The van der Waals surface area contributed by atoms with Gasteiger partial charge in [-0.2, -0.15) is 0 Å². The molecule has 2 heterocycles. The molecular formula is C13H25NO3. The van der Waals surface area contributed by atoms with Gasteiger partial charge in [0.15, 0.2) is 0 Å². The van der Waals surface area contributed by atoms with Gasteiger partial charge in [-0.25, -0.2) is 0 Å². The molecule has 2 aliphatic rings. The van der Waals surface area contributed by atoms with Gasteiger partial charge < -0.3 is 14.6 Å². The van der Waals surface area contributed by atoms with Crippen LogP contribution >= 0.6 is 0 Å². The number of ether oxygens (including phenoxy) is 2. The second-order valence-corrected chi connectivity index (χ2v) is 6.02. The lowest BCUT2D eigenvalue weighted by Crippen LogP contribution is -2.55. The van der Waals surface area contributed by atoms with E-state index in [1.165, 1.54) is 6.42 Å². The number of hydrogen-bond donors (Lipinski definition) is 1. The molecule has 4 nitrogen and oxygen atoms in total. The van der Waals surface area contributed by atoms with E-state index < -0.39 is 0 Å². The molecule has 0 amide bonds. The Morgan fingerprint density at radius 1 is 1.29 bits per heavy atom. The molecule has 4 heteroatoms. The zero-order valence-corrected chi connectivity index (χ0v) is 11.2. The summed E-state index contributed by atoms with van der Waals surface area (Å²) in [6.07, 6.45) is 3.03. The lowest BCUT2D eigenvalue weighted by molar-refractivity contribution is -0.154. The Morgan fingerprint density at radius 2 is 2.06 bits per heavy atom. The van der Waals surface area contributed by atoms with Crippen LogP contribution in [0.5, 0.6) is 0 Å². The van der Waals surface area contributed by atoms with E-state index in [-0.39, 0.29) is 18.3 Å². The van der Waals surface area contributed by atoms with Crippen LogP contribution in [0.2, 0.25) is 0 Å². The van der Waals surface area contributed by atoms with Crippen LogP contribution in [0.4, 0.5) is 0 Å². The van der Waals surface area contributed by atoms with Crippen LogP contribution < -0.4 is 0 Å². The van der Waals surface area contributed by atoms with Gasteiger partial charge in [0.05, 0.1) is 30.5 Å². The highest BCUT2D eigenvalue weighted by molar-refractivity contribution is 4.86. The zero-order chi connectivity index (χ0) is 12.5. The van der Waals surface area contributed by atoms with Crippen LogP contribution in [0, 0.1) is 0 Å². The van der Waals surface area contributed by atoms with E-state index in [1.807, 2.05) is 0 Å². The maximum Gasteiger partial charge on any atom is 0.0940 e. The summed E-state index contributed by atoms with van der Waals surface area (Å²) in [6.45, 7) is 9.10. The van der Waals surface area contributed by atoms with E-state index in [0.717, 1.165) is 26.1 Å². The van der Waals surface area contributed by atoms with Crippen molar-refractivity contribution in [2.45, 2.75) is 57.5 Å². The van der Waals surface area contributed by atoms with Crippen LogP contribution in [0.15, 0.2) is 0 Å². The highest BCUT2D eigenvalue weighted by Gasteiger charge is 2.35. The number of rotatable bonds is 3. The third-order valence-corrected chi connectivity index (χ3v) is 3.54. The highest BCUT2D eigenvalue weighted by atomic mass is 16.5. The lowest BCUT2D eigenvalue weighted by atomic mass is 10.0. The number of aliphatic hydroxyl groups excluding tert-OH is 1. The Morgan fingerprint density at radius 3 is 2.65 bits per heavy atom. The summed E-state index contributed by atoms with van der Waals surface area (Å²) in [4.78, 5) is 2.37. The maximum atomic E-state index is 9.26. The Hall–Kier alpha value is -0.160. The molecule has 0 aromatic carbocycles. The zero-order valence-electron chi connectivity index (χ0n) is 11.2. The summed E-state index contributed by atoms with van der Waals surface area (Å²) >= 11 is 0. The molecule has 0 aromatic heterocycles. The van der Waals surface area contributed by atoms with Gasteiger partial charge >= 0.3 is 0 Å². The monoisotopic (exact) mass is 243 g/mol. The molecular weight excluding hydrogens is 218 g/mol. The Kier molecular flexibility index (Phi) is 4.08. The Balaban J connectivity index is 1.87. The standard InChI is InChI=1S/C13H25NO3/c1-10-4-5-11(16-10)6-14-7-12(8-15)17-13(2,3)9-14/h10-12,15H,4-9H2,1-3H3. The minimum atomic E-state index is -0.171. The minimum absolute atomic E-state index is 0.0578. The van der Waals surface area contributed by atoms with Gasteiger partial charge in [0, 0.05) is 19.6 Å². The summed E-state index contributed by atoms with van der Waals surface area (Å²) < 4.78 is 11.7. The van der Waals surface area contributed by atoms with E-state index >= 15 is 0 Å². The quantitative estimate of drug-likeness (QED) is 0.804. The van der Waals surface area contributed by atoms with Crippen LogP contribution in [0.25, 0.3) is 0 Å². The molecule has 2 aliphatic heterocycles. The van der Waals surface area contributed by atoms with E-state index in [4.69, 9.17) is 9.47 Å². The predicted octanol–water partition coefficient (Wildman–Crippen LogP) is 1.03. The van der Waals surface area contributed by atoms with Crippen molar-refractivity contribution in [3.8, 4) is 0 Å². The fourth-order valence-electron chi connectivity index (χ4n) is 2.96. The van der Waals surface area contributed by atoms with E-state index in [2.05, 4.69) is 25.7 Å². The van der Waals surface area contributed by atoms with E-state index in [1.54, 1.807) is 0 Å². The van der Waals surface area contributed by atoms with Crippen molar-refractivity contribution in [2.24, 2.45) is 0 Å². The molecule has 3 atom stereocenters. The Labute approximate surface area is 104 Å². The molecule has 100 valence electrons. The van der Waals surface area contributed by atoms with E-state index in [9.17, 15) is 5.11 Å². The third kappa shape index (κ3) is 3.65. The predicted molar refractivity (Wildman–Crippen MR) is 66.0 cm³/mol. The molecule has 0 saturated carbocycles. The van der Waals surface area contributed by atoms with Crippen molar-refractivity contribution in [3.05, 3.63) is 0 Å². The van der Waals surface area contributed by atoms with Gasteiger partial charge in [-0.15, -0.1) is 0 Å². The van der Waals surface area contributed by atoms with Crippen LogP contribution in [0.3, 0.4) is 0 Å². The topological polar surface area (TPSA) is 41.9 Å². The molecule has 2 fully saturated rings. The van der Waals surface area contributed by atoms with Gasteiger partial charge in [0.2, 0.25) is 0 Å². The molecule has 3 unspecified atom stereocenters. The summed E-state index contributed by atoms with van der Waals surface area (Å²) in [5.41, 5.74) is -0.171. The molecule has 2 saturated heterocycles. The molecule has 1 N–H and O–H groups in total. The first-order chi connectivity index (χ1) is 7.98. The van der Waals surface area contributed by atoms with E-state index in [0.29, 0.717) is 12.2 Å². The third-order valence-electron chi connectivity index (χ3n) is 3.54. The molecule has 0 aromatic rings. The SMILES string of the molecule is CC1CCC(CN2CC(CO)OC(C)(C)C2)O1. The normalized spacial score (nSPS) is 38.5. The van der Waals surface area contributed by atoms with Crippen LogP contribution in [-0.2, 0) is 9.47 Å². The molecule has 17 heavy (non-hydrogen) atoms. The fraction of sp³-hybridized carbons (Fsp3) is 1.00. The average Bonchev–Trinajstić information content (AvgIpc) is 2.61. The van der Waals surface area contributed by atoms with Gasteiger partial charge in [-0.1, -0.05) is 0 Å². The number of morpholine rings is 1. The van der Waals surface area contributed by atoms with Crippen molar-refractivity contribution in [2.75, 3.05) is 26.2 Å². The first-order valence-corrected chi connectivity index (χ1v) is 6.65. The number of aliphatic hydroxyl groups is 1. The summed E-state index contributed by atoms with van der Waals surface area (Å²) in [5.74, 6) is 0. The molecule has 0 bridgehead atoms. The first kappa shape index (κ1) is 13.3. The minimum Gasteiger partial charge on any atom is -0.394 e. The lowest BCUT2D eigenvalue weighted by Gasteiger charge is -2.43. The van der Waals surface area contributed by atoms with Crippen molar-refractivity contribution in [1.29, 1.82) is 0 Å². The van der Waals surface area contributed by atoms with Crippen molar-refractivity contribution in [1.82, 2.24) is 4.90 Å². The first-order valence-electron chi connectivity index (χ1n) is 6.65. The summed E-state index contributed by atoms with van der Waals surface area (Å²) in [6, 6.07) is 0. The summed E-state index contributed by atoms with van der Waals surface area (Å²) in [5, 5.41) is 9.26. The molecule has 0 radical (unpaired) electrons. The Bertz CT molecular complexity index is 257. The van der Waals surface area contributed by atoms with Gasteiger partial charge in [-0.05, 0) is 33.6 Å². The number of nitrogens with zero attached hydrogens (tertiary/aromatic N) is 1. The van der Waals surface area contributed by atoms with Gasteiger partial charge in [0.25, 0.3) is 0 Å². The van der Waals surface area contributed by atoms with Crippen LogP contribution in [0.1, 0.15) is 33.6 Å². The molecule has 2 rings (SSSR count). The van der Waals surface area contributed by atoms with Crippen molar-refractivity contribution < 1.29 is 14.6 Å². The van der Waals surface area contributed by atoms with Crippen molar-refractivity contribution >= 4 is 0 Å². The second kappa shape index (κ2) is 5.22. The van der Waals surface area contributed by atoms with Crippen molar-refractivity contribution in [3.63, 3.8) is 0 Å². The highest BCUT2D eigenvalue weighted by Crippen LogP contribution is 2.24. The smallest absolute Gasteiger partial charge is 0.0940 e.